The van der Waals surface area contributed by atoms with Crippen LogP contribution in [0.5, 0.6) is 0 Å². The van der Waals surface area contributed by atoms with Crippen LogP contribution in [-0.4, -0.2) is 71.8 Å². The Balaban J connectivity index is 1.40. The maximum absolute atomic E-state index is 13.6. The van der Waals surface area contributed by atoms with Gasteiger partial charge in [0.15, 0.2) is 0 Å². The summed E-state index contributed by atoms with van der Waals surface area (Å²) in [5.74, 6) is -0.117. The van der Waals surface area contributed by atoms with Crippen molar-refractivity contribution in [1.82, 2.24) is 20.0 Å². The van der Waals surface area contributed by atoms with Crippen molar-refractivity contribution in [3.8, 4) is 0 Å². The highest BCUT2D eigenvalue weighted by atomic mass is 35.5. The Hall–Kier alpha value is -2.61. The fourth-order valence-electron chi connectivity index (χ4n) is 5.15. The molecule has 0 bridgehead atoms. The van der Waals surface area contributed by atoms with Crippen LogP contribution in [0.15, 0.2) is 48.5 Å². The predicted octanol–water partition coefficient (Wildman–Crippen LogP) is 2.88. The number of nitrogens with one attached hydrogen (secondary N) is 1. The van der Waals surface area contributed by atoms with Crippen molar-refractivity contribution in [2.24, 2.45) is 0 Å². The van der Waals surface area contributed by atoms with E-state index in [1.54, 1.807) is 11.9 Å². The maximum Gasteiger partial charge on any atom is 0.327 e. The average Bonchev–Trinajstić information content (AvgIpc) is 3.20. The minimum atomic E-state index is -0.402. The lowest BCUT2D eigenvalue weighted by molar-refractivity contribution is -0.138. The van der Waals surface area contributed by atoms with Crippen LogP contribution in [0.1, 0.15) is 17.5 Å². The minimum absolute atomic E-state index is 0.117. The Morgan fingerprint density at radius 3 is 2.66 bits per heavy atom. The number of nitrogens with zero attached hydrogens (tertiary/aromatic N) is 4. The van der Waals surface area contributed by atoms with Crippen LogP contribution in [0.25, 0.3) is 0 Å². The van der Waals surface area contributed by atoms with Gasteiger partial charge in [0, 0.05) is 37.4 Å². The number of halogens is 1. The van der Waals surface area contributed by atoms with Gasteiger partial charge in [0.25, 0.3) is 5.91 Å². The van der Waals surface area contributed by atoms with Gasteiger partial charge in [-0.15, -0.1) is 0 Å². The summed E-state index contributed by atoms with van der Waals surface area (Å²) in [6, 6.07) is 15.2. The molecule has 3 aliphatic rings. The number of amides is 3. The standard InChI is InChI=1S/C24H28ClN5O2/c1-16-9-10-18(25)15-19(16)28-12-6-13-29-20-21(26-23(28)29)27(2)24(32)30(22(20)31)14-11-17-7-4-3-5-8-17/h3-5,7-10,15,20-21,23,26H,6,11-14H2,1-2H3. The number of hydrogen-bond donors (Lipinski definition) is 1. The molecule has 0 aliphatic carbocycles. The Kier molecular flexibility index (Phi) is 5.57. The fourth-order valence-corrected chi connectivity index (χ4v) is 5.32. The van der Waals surface area contributed by atoms with E-state index in [0.717, 1.165) is 36.3 Å². The molecule has 3 amide bonds. The summed E-state index contributed by atoms with van der Waals surface area (Å²) in [6.07, 6.45) is 1.06. The molecule has 3 saturated heterocycles. The van der Waals surface area contributed by atoms with E-state index in [-0.39, 0.29) is 24.4 Å². The van der Waals surface area contributed by atoms with Crippen molar-refractivity contribution >= 4 is 29.2 Å². The van der Waals surface area contributed by atoms with Gasteiger partial charge in [-0.3, -0.25) is 19.9 Å². The zero-order valence-corrected chi connectivity index (χ0v) is 19.1. The van der Waals surface area contributed by atoms with Crippen LogP contribution in [0.4, 0.5) is 10.5 Å². The molecule has 0 radical (unpaired) electrons. The quantitative estimate of drug-likeness (QED) is 0.771. The molecule has 0 spiro atoms. The summed E-state index contributed by atoms with van der Waals surface area (Å²) in [5.41, 5.74) is 3.30. The second-order valence-corrected chi connectivity index (χ2v) is 9.20. The maximum atomic E-state index is 13.6. The second-order valence-electron chi connectivity index (χ2n) is 8.76. The molecule has 8 heteroatoms. The number of fused-ring (bicyclic) bond motifs is 3. The number of likely N-dealkylation sites (N-methyl/N-ethyl adjacent to an activating group) is 1. The predicted molar refractivity (Wildman–Crippen MR) is 124 cm³/mol. The van der Waals surface area contributed by atoms with E-state index in [4.69, 9.17) is 11.6 Å². The van der Waals surface area contributed by atoms with E-state index in [1.165, 1.54) is 4.90 Å². The highest BCUT2D eigenvalue weighted by molar-refractivity contribution is 6.30. The Bertz CT molecular complexity index is 1030. The smallest absolute Gasteiger partial charge is 0.327 e. The molecular weight excluding hydrogens is 426 g/mol. The van der Waals surface area contributed by atoms with E-state index < -0.39 is 6.04 Å². The van der Waals surface area contributed by atoms with Crippen molar-refractivity contribution in [3.05, 3.63) is 64.7 Å². The summed E-state index contributed by atoms with van der Waals surface area (Å²) in [4.78, 5) is 34.2. The minimum Gasteiger partial charge on any atom is -0.343 e. The molecule has 3 fully saturated rings. The first-order valence-corrected chi connectivity index (χ1v) is 11.5. The van der Waals surface area contributed by atoms with Crippen molar-refractivity contribution in [2.75, 3.05) is 31.6 Å². The molecule has 2 aromatic rings. The molecule has 0 saturated carbocycles. The molecule has 3 aliphatic heterocycles. The highest BCUT2D eigenvalue weighted by Gasteiger charge is 2.56. The van der Waals surface area contributed by atoms with Crippen molar-refractivity contribution in [1.29, 1.82) is 0 Å². The number of carbonyl (C=O) groups is 2. The van der Waals surface area contributed by atoms with Crippen molar-refractivity contribution in [3.63, 3.8) is 0 Å². The summed E-state index contributed by atoms with van der Waals surface area (Å²) in [7, 11) is 1.78. The van der Waals surface area contributed by atoms with E-state index in [2.05, 4.69) is 22.0 Å². The molecule has 32 heavy (non-hydrogen) atoms. The van der Waals surface area contributed by atoms with Crippen LogP contribution in [0, 0.1) is 6.92 Å². The zero-order chi connectivity index (χ0) is 22.4. The molecule has 0 aromatic heterocycles. The fraction of sp³-hybridized carbons (Fsp3) is 0.417. The van der Waals surface area contributed by atoms with Gasteiger partial charge in [0.2, 0.25) is 0 Å². The van der Waals surface area contributed by atoms with Gasteiger partial charge in [0.1, 0.15) is 18.5 Å². The number of hydrogen-bond acceptors (Lipinski definition) is 5. The molecule has 3 heterocycles. The highest BCUT2D eigenvalue weighted by Crippen LogP contribution is 2.35. The topological polar surface area (TPSA) is 59.1 Å². The van der Waals surface area contributed by atoms with Gasteiger partial charge < -0.3 is 9.80 Å². The van der Waals surface area contributed by atoms with E-state index in [1.807, 2.05) is 48.5 Å². The number of rotatable bonds is 4. The van der Waals surface area contributed by atoms with Crippen LogP contribution >= 0.6 is 11.6 Å². The van der Waals surface area contributed by atoms with Gasteiger partial charge in [-0.25, -0.2) is 4.79 Å². The Morgan fingerprint density at radius 1 is 1.09 bits per heavy atom. The van der Waals surface area contributed by atoms with Crippen molar-refractivity contribution in [2.45, 2.75) is 38.3 Å². The van der Waals surface area contributed by atoms with Gasteiger partial charge in [-0.2, -0.15) is 0 Å². The molecule has 168 valence electrons. The first-order valence-electron chi connectivity index (χ1n) is 11.1. The summed E-state index contributed by atoms with van der Waals surface area (Å²) in [6.45, 7) is 4.11. The third kappa shape index (κ3) is 3.54. The number of anilines is 1. The van der Waals surface area contributed by atoms with Crippen LogP contribution < -0.4 is 10.2 Å². The van der Waals surface area contributed by atoms with Gasteiger partial charge >= 0.3 is 6.03 Å². The molecule has 5 rings (SSSR count). The average molecular weight is 454 g/mol. The number of benzene rings is 2. The van der Waals surface area contributed by atoms with Gasteiger partial charge in [-0.1, -0.05) is 48.0 Å². The van der Waals surface area contributed by atoms with Crippen LogP contribution in [0.3, 0.4) is 0 Å². The lowest BCUT2D eigenvalue weighted by atomic mass is 10.1. The molecule has 3 atom stereocenters. The number of urea groups is 1. The number of carbonyl (C=O) groups excluding carboxylic acids is 2. The summed E-state index contributed by atoms with van der Waals surface area (Å²) in [5, 5.41) is 4.25. The first-order chi connectivity index (χ1) is 15.5. The lowest BCUT2D eigenvalue weighted by Crippen LogP contribution is -2.66. The van der Waals surface area contributed by atoms with Crippen LogP contribution in [-0.2, 0) is 11.2 Å². The molecule has 1 N–H and O–H groups in total. The lowest BCUT2D eigenvalue weighted by Gasteiger charge is -2.44. The normalized spacial score (nSPS) is 25.8. The summed E-state index contributed by atoms with van der Waals surface area (Å²) >= 11 is 6.30. The van der Waals surface area contributed by atoms with Gasteiger partial charge in [-0.05, 0) is 43.0 Å². The number of aryl methyl sites for hydroxylation is 1. The molecule has 2 aromatic carbocycles. The molecular formula is C24H28ClN5O2. The second kappa shape index (κ2) is 8.39. The summed E-state index contributed by atoms with van der Waals surface area (Å²) < 4.78 is 0. The van der Waals surface area contributed by atoms with Gasteiger partial charge in [0.05, 0.1) is 0 Å². The SMILES string of the molecule is Cc1ccc(Cl)cc1N1CCCN2C3C(=O)N(CCc4ccccc4)C(=O)N(C)C3NC12. The third-order valence-corrected chi connectivity index (χ3v) is 7.05. The molecule has 7 nitrogen and oxygen atoms in total. The molecule has 3 unspecified atom stereocenters. The van der Waals surface area contributed by atoms with Crippen molar-refractivity contribution < 1.29 is 9.59 Å². The van der Waals surface area contributed by atoms with E-state index in [9.17, 15) is 9.59 Å². The van der Waals surface area contributed by atoms with Crippen LogP contribution in [0.2, 0.25) is 5.02 Å². The van der Waals surface area contributed by atoms with E-state index >= 15 is 0 Å². The Morgan fingerprint density at radius 2 is 1.88 bits per heavy atom. The zero-order valence-electron chi connectivity index (χ0n) is 18.4. The Labute approximate surface area is 193 Å². The largest absolute Gasteiger partial charge is 0.343 e. The first kappa shape index (κ1) is 21.2. The third-order valence-electron chi connectivity index (χ3n) is 6.82. The monoisotopic (exact) mass is 453 g/mol. The van der Waals surface area contributed by atoms with E-state index in [0.29, 0.717) is 18.0 Å². The number of imide groups is 1.